The van der Waals surface area contributed by atoms with E-state index in [1.807, 2.05) is 35.2 Å². The van der Waals surface area contributed by atoms with Gasteiger partial charge in [-0.2, -0.15) is 0 Å². The van der Waals surface area contributed by atoms with Crippen LogP contribution in [0.2, 0.25) is 0 Å². The van der Waals surface area contributed by atoms with Gasteiger partial charge in [-0.05, 0) is 43.0 Å². The molecule has 0 bridgehead atoms. The first kappa shape index (κ1) is 26.7. The van der Waals surface area contributed by atoms with Crippen molar-refractivity contribution in [1.82, 2.24) is 24.8 Å². The SMILES string of the molecule is CCCCc1nc2c(N)nc3ccc(OCc4ccccc4)cc3c2n1CCCCNC(=O)N1CCOCC1. The van der Waals surface area contributed by atoms with Crippen LogP contribution in [0.15, 0.2) is 48.5 Å². The summed E-state index contributed by atoms with van der Waals surface area (Å²) in [5, 5.41) is 4.04. The van der Waals surface area contributed by atoms with E-state index >= 15 is 0 Å². The molecule has 0 aliphatic carbocycles. The molecule has 2 aromatic carbocycles. The Kier molecular flexibility index (Phi) is 8.78. The van der Waals surface area contributed by atoms with Crippen molar-refractivity contribution in [3.8, 4) is 5.75 Å². The largest absolute Gasteiger partial charge is 0.489 e. The van der Waals surface area contributed by atoms with Crippen molar-refractivity contribution in [2.24, 2.45) is 0 Å². The average Bonchev–Trinajstić information content (AvgIpc) is 3.35. The van der Waals surface area contributed by atoms with Crippen molar-refractivity contribution < 1.29 is 14.3 Å². The number of aryl methyl sites for hydroxylation is 2. The Morgan fingerprint density at radius 3 is 2.69 bits per heavy atom. The number of imidazole rings is 1. The van der Waals surface area contributed by atoms with Crippen molar-refractivity contribution in [2.75, 3.05) is 38.6 Å². The summed E-state index contributed by atoms with van der Waals surface area (Å²) in [7, 11) is 0. The molecule has 9 heteroatoms. The van der Waals surface area contributed by atoms with Gasteiger partial charge in [-0.15, -0.1) is 0 Å². The van der Waals surface area contributed by atoms with Crippen LogP contribution in [0.5, 0.6) is 5.75 Å². The maximum atomic E-state index is 12.4. The van der Waals surface area contributed by atoms with Gasteiger partial charge in [0.2, 0.25) is 0 Å². The molecule has 1 saturated heterocycles. The third-order valence-electron chi connectivity index (χ3n) is 7.14. The molecule has 1 aliphatic heterocycles. The van der Waals surface area contributed by atoms with Gasteiger partial charge in [0.1, 0.15) is 23.7 Å². The van der Waals surface area contributed by atoms with Gasteiger partial charge < -0.3 is 30.0 Å². The summed E-state index contributed by atoms with van der Waals surface area (Å²) < 4.78 is 13.8. The lowest BCUT2D eigenvalue weighted by Crippen LogP contribution is -2.46. The fourth-order valence-corrected chi connectivity index (χ4v) is 5.00. The van der Waals surface area contributed by atoms with Crippen LogP contribution in [-0.2, 0) is 24.3 Å². The highest BCUT2D eigenvalue weighted by Gasteiger charge is 2.19. The van der Waals surface area contributed by atoms with Crippen LogP contribution in [-0.4, -0.2) is 58.3 Å². The third kappa shape index (κ3) is 6.42. The fourth-order valence-electron chi connectivity index (χ4n) is 5.00. The number of hydrogen-bond donors (Lipinski definition) is 2. The van der Waals surface area contributed by atoms with E-state index < -0.39 is 0 Å². The van der Waals surface area contributed by atoms with Crippen LogP contribution in [0.25, 0.3) is 21.9 Å². The standard InChI is InChI=1S/C30H38N6O3/c1-2-3-11-26-34-27-28(36(26)15-8-7-14-32-30(37)35-16-18-38-19-17-35)24-20-23(12-13-25(24)33-29(27)31)39-21-22-9-5-4-6-10-22/h4-6,9-10,12-13,20H,2-3,7-8,11,14-19,21H2,1H3,(H2,31,33)(H,32,37). The van der Waals surface area contributed by atoms with Crippen molar-refractivity contribution in [2.45, 2.75) is 52.2 Å². The number of urea groups is 1. The summed E-state index contributed by atoms with van der Waals surface area (Å²) in [5.41, 5.74) is 10.1. The number of morpholine rings is 1. The number of nitrogens with zero attached hydrogens (tertiary/aromatic N) is 4. The summed E-state index contributed by atoms with van der Waals surface area (Å²) in [6.45, 7) is 6.60. The molecule has 9 nitrogen and oxygen atoms in total. The van der Waals surface area contributed by atoms with Gasteiger partial charge in [-0.25, -0.2) is 14.8 Å². The second kappa shape index (κ2) is 12.8. The van der Waals surface area contributed by atoms with E-state index in [0.29, 0.717) is 45.3 Å². The number of nitrogen functional groups attached to an aromatic ring is 1. The molecule has 0 radical (unpaired) electrons. The molecule has 1 aliphatic rings. The number of benzene rings is 2. The van der Waals surface area contributed by atoms with Crippen molar-refractivity contribution in [3.05, 3.63) is 59.9 Å². The number of ether oxygens (including phenoxy) is 2. The highest BCUT2D eigenvalue weighted by molar-refractivity contribution is 6.07. The molecule has 2 aromatic heterocycles. The van der Waals surface area contributed by atoms with E-state index in [1.54, 1.807) is 0 Å². The minimum atomic E-state index is -0.0112. The topological polar surface area (TPSA) is 108 Å². The Labute approximate surface area is 229 Å². The molecule has 5 rings (SSSR count). The Hall–Kier alpha value is -3.85. The number of hydrogen-bond acceptors (Lipinski definition) is 6. The number of nitrogens with one attached hydrogen (secondary N) is 1. The highest BCUT2D eigenvalue weighted by atomic mass is 16.5. The number of nitrogens with two attached hydrogens (primary N) is 1. The molecular weight excluding hydrogens is 492 g/mol. The second-order valence-corrected chi connectivity index (χ2v) is 9.97. The Morgan fingerprint density at radius 1 is 1.08 bits per heavy atom. The number of amides is 2. The van der Waals surface area contributed by atoms with Crippen LogP contribution in [0, 0.1) is 0 Å². The molecule has 2 amide bonds. The van der Waals surface area contributed by atoms with Crippen molar-refractivity contribution in [3.63, 3.8) is 0 Å². The molecule has 4 aromatic rings. The van der Waals surface area contributed by atoms with E-state index in [-0.39, 0.29) is 6.03 Å². The second-order valence-electron chi connectivity index (χ2n) is 9.97. The summed E-state index contributed by atoms with van der Waals surface area (Å²) in [4.78, 5) is 23.8. The van der Waals surface area contributed by atoms with Gasteiger partial charge in [0, 0.05) is 38.0 Å². The van der Waals surface area contributed by atoms with E-state index in [1.165, 1.54) is 0 Å². The number of carbonyl (C=O) groups is 1. The van der Waals surface area contributed by atoms with Crippen LogP contribution >= 0.6 is 0 Å². The highest BCUT2D eigenvalue weighted by Crippen LogP contribution is 2.32. The number of carbonyl (C=O) groups excluding carboxylic acids is 1. The number of rotatable bonds is 11. The first-order valence-corrected chi connectivity index (χ1v) is 14.0. The Bertz CT molecular complexity index is 1400. The quantitative estimate of drug-likeness (QED) is 0.267. The molecule has 206 valence electrons. The Morgan fingerprint density at radius 2 is 1.90 bits per heavy atom. The Balaban J connectivity index is 1.35. The van der Waals surface area contributed by atoms with E-state index in [9.17, 15) is 4.79 Å². The lowest BCUT2D eigenvalue weighted by atomic mass is 10.1. The first-order chi connectivity index (χ1) is 19.1. The average molecular weight is 531 g/mol. The molecule has 0 atom stereocenters. The van der Waals surface area contributed by atoms with Gasteiger partial charge in [0.25, 0.3) is 0 Å². The number of fused-ring (bicyclic) bond motifs is 3. The molecule has 0 unspecified atom stereocenters. The normalized spacial score (nSPS) is 13.7. The molecule has 39 heavy (non-hydrogen) atoms. The predicted octanol–water partition coefficient (Wildman–Crippen LogP) is 4.91. The van der Waals surface area contributed by atoms with Crippen LogP contribution in [0.3, 0.4) is 0 Å². The van der Waals surface area contributed by atoms with E-state index in [0.717, 1.165) is 77.7 Å². The van der Waals surface area contributed by atoms with Gasteiger partial charge in [0.15, 0.2) is 5.82 Å². The maximum Gasteiger partial charge on any atom is 0.317 e. The van der Waals surface area contributed by atoms with Crippen LogP contribution in [0.1, 0.15) is 44.0 Å². The van der Waals surface area contributed by atoms with Gasteiger partial charge in [-0.1, -0.05) is 43.7 Å². The molecule has 3 N–H and O–H groups in total. The summed E-state index contributed by atoms with van der Waals surface area (Å²) in [5.74, 6) is 2.26. The van der Waals surface area contributed by atoms with E-state index in [2.05, 4.69) is 40.0 Å². The zero-order valence-corrected chi connectivity index (χ0v) is 22.7. The van der Waals surface area contributed by atoms with Crippen molar-refractivity contribution >= 4 is 33.8 Å². The number of aromatic nitrogens is 3. The van der Waals surface area contributed by atoms with E-state index in [4.69, 9.17) is 20.2 Å². The first-order valence-electron chi connectivity index (χ1n) is 14.0. The van der Waals surface area contributed by atoms with Gasteiger partial charge in [-0.3, -0.25) is 0 Å². The lowest BCUT2D eigenvalue weighted by molar-refractivity contribution is 0.0532. The summed E-state index contributed by atoms with van der Waals surface area (Å²) >= 11 is 0. The third-order valence-corrected chi connectivity index (χ3v) is 7.14. The minimum absolute atomic E-state index is 0.0112. The van der Waals surface area contributed by atoms with Gasteiger partial charge in [0.05, 0.1) is 24.2 Å². The zero-order valence-electron chi connectivity index (χ0n) is 22.7. The monoisotopic (exact) mass is 530 g/mol. The molecule has 0 spiro atoms. The number of anilines is 1. The molecular formula is C30H38N6O3. The predicted molar refractivity (Wildman–Crippen MR) is 154 cm³/mol. The fraction of sp³-hybridized carbons (Fsp3) is 0.433. The zero-order chi connectivity index (χ0) is 27.0. The maximum absolute atomic E-state index is 12.4. The summed E-state index contributed by atoms with van der Waals surface area (Å²) in [6.07, 6.45) is 4.79. The molecule has 0 saturated carbocycles. The molecule has 3 heterocycles. The van der Waals surface area contributed by atoms with Crippen LogP contribution in [0.4, 0.5) is 10.6 Å². The smallest absolute Gasteiger partial charge is 0.317 e. The van der Waals surface area contributed by atoms with Crippen molar-refractivity contribution in [1.29, 1.82) is 0 Å². The van der Waals surface area contributed by atoms with Gasteiger partial charge >= 0.3 is 6.03 Å². The number of unbranched alkanes of at least 4 members (excludes halogenated alkanes) is 2. The lowest BCUT2D eigenvalue weighted by Gasteiger charge is -2.26. The summed E-state index contributed by atoms with van der Waals surface area (Å²) in [6, 6.07) is 16.1. The number of pyridine rings is 1. The molecule has 1 fully saturated rings. The minimum Gasteiger partial charge on any atom is -0.489 e. The van der Waals surface area contributed by atoms with Crippen LogP contribution < -0.4 is 15.8 Å².